The number of nitro benzene ring substituents is 1. The molecule has 0 saturated heterocycles. The van der Waals surface area contributed by atoms with Crippen LogP contribution in [0.2, 0.25) is 0 Å². The molecule has 0 fully saturated rings. The molecular formula is C9H10N4O2. The first-order valence-electron chi connectivity index (χ1n) is 4.59. The van der Waals surface area contributed by atoms with E-state index in [1.165, 1.54) is 6.07 Å². The third-order valence-electron chi connectivity index (χ3n) is 2.17. The van der Waals surface area contributed by atoms with E-state index in [1.54, 1.807) is 16.8 Å². The van der Waals surface area contributed by atoms with Crippen molar-refractivity contribution in [2.45, 2.75) is 19.9 Å². The number of non-ortho nitro benzene ring substituents is 1. The molecule has 78 valence electrons. The average Bonchev–Trinajstić information content (AvgIpc) is 2.59. The van der Waals surface area contributed by atoms with E-state index >= 15 is 0 Å². The van der Waals surface area contributed by atoms with E-state index in [-0.39, 0.29) is 11.7 Å². The molecule has 0 atom stereocenters. The zero-order chi connectivity index (χ0) is 11.0. The predicted molar refractivity (Wildman–Crippen MR) is 54.6 cm³/mol. The van der Waals surface area contributed by atoms with Crippen molar-refractivity contribution < 1.29 is 4.92 Å². The summed E-state index contributed by atoms with van der Waals surface area (Å²) in [5, 5.41) is 18.5. The van der Waals surface area contributed by atoms with Crippen LogP contribution in [0.1, 0.15) is 19.9 Å². The third kappa shape index (κ3) is 1.43. The number of fused-ring (bicyclic) bond motifs is 1. The van der Waals surface area contributed by atoms with Gasteiger partial charge in [0.15, 0.2) is 5.52 Å². The first kappa shape index (κ1) is 9.57. The van der Waals surface area contributed by atoms with Crippen LogP contribution < -0.4 is 0 Å². The second-order valence-corrected chi connectivity index (χ2v) is 3.53. The van der Waals surface area contributed by atoms with Crippen molar-refractivity contribution in [3.05, 3.63) is 28.3 Å². The lowest BCUT2D eigenvalue weighted by atomic mass is 10.2. The lowest BCUT2D eigenvalue weighted by Gasteiger charge is -2.04. The fourth-order valence-corrected chi connectivity index (χ4v) is 1.48. The Morgan fingerprint density at radius 2 is 2.20 bits per heavy atom. The SMILES string of the molecule is CC(C)n1nnc2c([N+](=O)[O-])cccc21. The third-order valence-corrected chi connectivity index (χ3v) is 2.17. The Kier molecular flexibility index (Phi) is 2.11. The van der Waals surface area contributed by atoms with Gasteiger partial charge in [0.1, 0.15) is 0 Å². The number of nitrogens with zero attached hydrogens (tertiary/aromatic N) is 4. The predicted octanol–water partition coefficient (Wildman–Crippen LogP) is 1.92. The molecule has 15 heavy (non-hydrogen) atoms. The Hall–Kier alpha value is -1.98. The Labute approximate surface area is 85.7 Å². The molecule has 0 unspecified atom stereocenters. The van der Waals surface area contributed by atoms with E-state index in [9.17, 15) is 10.1 Å². The van der Waals surface area contributed by atoms with Crippen molar-refractivity contribution in [2.24, 2.45) is 0 Å². The van der Waals surface area contributed by atoms with E-state index in [0.29, 0.717) is 11.0 Å². The van der Waals surface area contributed by atoms with E-state index in [1.807, 2.05) is 13.8 Å². The Morgan fingerprint density at radius 1 is 1.47 bits per heavy atom. The van der Waals surface area contributed by atoms with Crippen molar-refractivity contribution in [1.29, 1.82) is 0 Å². The molecule has 2 aromatic rings. The zero-order valence-corrected chi connectivity index (χ0v) is 8.41. The summed E-state index contributed by atoms with van der Waals surface area (Å²) in [7, 11) is 0. The van der Waals surface area contributed by atoms with Crippen molar-refractivity contribution >= 4 is 16.7 Å². The topological polar surface area (TPSA) is 73.8 Å². The van der Waals surface area contributed by atoms with Gasteiger partial charge in [-0.1, -0.05) is 11.3 Å². The maximum atomic E-state index is 10.7. The average molecular weight is 206 g/mol. The number of aromatic nitrogens is 3. The second kappa shape index (κ2) is 3.30. The standard InChI is InChI=1S/C9H10N4O2/c1-6(2)12-7-4-3-5-8(13(14)15)9(7)10-11-12/h3-6H,1-2H3. The highest BCUT2D eigenvalue weighted by Gasteiger charge is 2.17. The minimum absolute atomic E-state index is 0.000556. The van der Waals surface area contributed by atoms with Crippen LogP contribution in [0.4, 0.5) is 5.69 Å². The first-order valence-corrected chi connectivity index (χ1v) is 4.59. The molecule has 0 bridgehead atoms. The molecule has 0 aliphatic carbocycles. The van der Waals surface area contributed by atoms with Gasteiger partial charge in [-0.3, -0.25) is 10.1 Å². The molecule has 1 aromatic carbocycles. The van der Waals surface area contributed by atoms with Crippen LogP contribution in [0.3, 0.4) is 0 Å². The minimum Gasteiger partial charge on any atom is -0.258 e. The summed E-state index contributed by atoms with van der Waals surface area (Å²) in [4.78, 5) is 10.3. The molecule has 6 nitrogen and oxygen atoms in total. The van der Waals surface area contributed by atoms with Crippen LogP contribution in [0, 0.1) is 10.1 Å². The lowest BCUT2D eigenvalue weighted by molar-refractivity contribution is -0.383. The van der Waals surface area contributed by atoms with E-state index < -0.39 is 4.92 Å². The van der Waals surface area contributed by atoms with Gasteiger partial charge in [-0.2, -0.15) is 0 Å². The van der Waals surface area contributed by atoms with E-state index in [4.69, 9.17) is 0 Å². The molecular weight excluding hydrogens is 196 g/mol. The number of hydrogen-bond donors (Lipinski definition) is 0. The number of rotatable bonds is 2. The highest BCUT2D eigenvalue weighted by atomic mass is 16.6. The minimum atomic E-state index is -0.443. The maximum absolute atomic E-state index is 10.7. The summed E-state index contributed by atoms with van der Waals surface area (Å²) < 4.78 is 1.67. The molecule has 0 N–H and O–H groups in total. The van der Waals surface area contributed by atoms with Gasteiger partial charge < -0.3 is 0 Å². The van der Waals surface area contributed by atoms with Crippen molar-refractivity contribution in [3.8, 4) is 0 Å². The number of nitro groups is 1. The van der Waals surface area contributed by atoms with Gasteiger partial charge in [0.2, 0.25) is 0 Å². The largest absolute Gasteiger partial charge is 0.299 e. The molecule has 0 amide bonds. The zero-order valence-electron chi connectivity index (χ0n) is 8.41. The second-order valence-electron chi connectivity index (χ2n) is 3.53. The van der Waals surface area contributed by atoms with E-state index in [2.05, 4.69) is 10.3 Å². The molecule has 0 radical (unpaired) electrons. The molecule has 1 heterocycles. The highest BCUT2D eigenvalue weighted by Crippen LogP contribution is 2.24. The van der Waals surface area contributed by atoms with Gasteiger partial charge in [0.05, 0.1) is 10.4 Å². The van der Waals surface area contributed by atoms with Crippen molar-refractivity contribution in [2.75, 3.05) is 0 Å². The van der Waals surface area contributed by atoms with Crippen LogP contribution >= 0.6 is 0 Å². The molecule has 0 aliphatic rings. The summed E-state index contributed by atoms with van der Waals surface area (Å²) >= 11 is 0. The van der Waals surface area contributed by atoms with Gasteiger partial charge >= 0.3 is 0 Å². The molecule has 6 heteroatoms. The molecule has 0 saturated carbocycles. The van der Waals surface area contributed by atoms with Crippen LogP contribution in [0.25, 0.3) is 11.0 Å². The summed E-state index contributed by atoms with van der Waals surface area (Å²) in [5.41, 5.74) is 1.04. The molecule has 0 spiro atoms. The van der Waals surface area contributed by atoms with Gasteiger partial charge in [-0.25, -0.2) is 4.68 Å². The van der Waals surface area contributed by atoms with Crippen molar-refractivity contribution in [1.82, 2.24) is 15.0 Å². The Morgan fingerprint density at radius 3 is 2.80 bits per heavy atom. The fourth-order valence-electron chi connectivity index (χ4n) is 1.48. The van der Waals surface area contributed by atoms with Gasteiger partial charge in [-0.15, -0.1) is 5.10 Å². The maximum Gasteiger partial charge on any atom is 0.299 e. The Balaban J connectivity index is 2.74. The number of benzene rings is 1. The summed E-state index contributed by atoms with van der Waals surface area (Å²) in [6.07, 6.45) is 0. The number of hydrogen-bond acceptors (Lipinski definition) is 4. The lowest BCUT2D eigenvalue weighted by Crippen LogP contribution is -2.02. The molecule has 0 aliphatic heterocycles. The quantitative estimate of drug-likeness (QED) is 0.555. The monoisotopic (exact) mass is 206 g/mol. The first-order chi connectivity index (χ1) is 7.11. The van der Waals surface area contributed by atoms with Gasteiger partial charge in [0.25, 0.3) is 5.69 Å². The Bertz CT molecular complexity index is 518. The summed E-state index contributed by atoms with van der Waals surface area (Å²) in [5.74, 6) is 0. The van der Waals surface area contributed by atoms with E-state index in [0.717, 1.165) is 0 Å². The summed E-state index contributed by atoms with van der Waals surface area (Å²) in [6.45, 7) is 3.90. The molecule has 2 rings (SSSR count). The van der Waals surface area contributed by atoms with Gasteiger partial charge in [-0.05, 0) is 19.9 Å². The normalized spacial score (nSPS) is 11.1. The smallest absolute Gasteiger partial charge is 0.258 e. The highest BCUT2D eigenvalue weighted by molar-refractivity contribution is 5.83. The van der Waals surface area contributed by atoms with Crippen LogP contribution in [-0.2, 0) is 0 Å². The van der Waals surface area contributed by atoms with Crippen molar-refractivity contribution in [3.63, 3.8) is 0 Å². The van der Waals surface area contributed by atoms with Crippen LogP contribution in [0.15, 0.2) is 18.2 Å². The molecule has 1 aromatic heterocycles. The fraction of sp³-hybridized carbons (Fsp3) is 0.333. The van der Waals surface area contributed by atoms with Gasteiger partial charge in [0, 0.05) is 12.1 Å². The summed E-state index contributed by atoms with van der Waals surface area (Å²) in [6, 6.07) is 4.99. The van der Waals surface area contributed by atoms with Crippen LogP contribution in [-0.4, -0.2) is 19.9 Å². The van der Waals surface area contributed by atoms with Crippen LogP contribution in [0.5, 0.6) is 0 Å².